The van der Waals surface area contributed by atoms with Crippen molar-refractivity contribution in [2.45, 2.75) is 17.4 Å². The lowest BCUT2D eigenvalue weighted by molar-refractivity contribution is 0.231. The molecule has 0 spiro atoms. The number of ether oxygens (including phenoxy) is 1. The Kier molecular flexibility index (Phi) is 5.59. The third-order valence-corrected chi connectivity index (χ3v) is 4.87. The van der Waals surface area contributed by atoms with E-state index >= 15 is 0 Å². The maximum absolute atomic E-state index is 13.4. The first-order valence-corrected chi connectivity index (χ1v) is 8.86. The number of carbonyl (C=O) groups is 1. The minimum Gasteiger partial charge on any atom is -0.489 e. The number of hydrogen-bond donors (Lipinski definition) is 2. The summed E-state index contributed by atoms with van der Waals surface area (Å²) in [5, 5.41) is 5.74. The number of carbonyl (C=O) groups excluding carboxylic acids is 1. The summed E-state index contributed by atoms with van der Waals surface area (Å²) in [6.45, 7) is 0.523. The van der Waals surface area contributed by atoms with Crippen LogP contribution in [0.25, 0.3) is 0 Å². The minimum atomic E-state index is -0.404. The van der Waals surface area contributed by atoms with Crippen molar-refractivity contribution in [1.29, 1.82) is 0 Å². The third kappa shape index (κ3) is 4.20. The Hall–Kier alpha value is -2.21. The van der Waals surface area contributed by atoms with Crippen molar-refractivity contribution < 1.29 is 13.9 Å². The van der Waals surface area contributed by atoms with Gasteiger partial charge in [-0.1, -0.05) is 30.3 Å². The zero-order chi connectivity index (χ0) is 16.8. The Morgan fingerprint density at radius 2 is 2.00 bits per heavy atom. The predicted octanol–water partition coefficient (Wildman–Crippen LogP) is 3.74. The summed E-state index contributed by atoms with van der Waals surface area (Å²) in [4.78, 5) is 13.3. The molecule has 2 amide bonds. The highest BCUT2D eigenvalue weighted by atomic mass is 32.2. The number of halogens is 1. The van der Waals surface area contributed by atoms with Crippen LogP contribution in [0.2, 0.25) is 0 Å². The van der Waals surface area contributed by atoms with Crippen molar-refractivity contribution in [3.8, 4) is 5.75 Å². The molecule has 2 N–H and O–H groups in total. The molecule has 126 valence electrons. The number of thioether (sulfide) groups is 1. The molecular formula is C18H19FN2O2S. The molecule has 0 radical (unpaired) electrons. The van der Waals surface area contributed by atoms with Gasteiger partial charge in [-0.2, -0.15) is 0 Å². The molecule has 0 aromatic heterocycles. The summed E-state index contributed by atoms with van der Waals surface area (Å²) >= 11 is 1.81. The van der Waals surface area contributed by atoms with Crippen LogP contribution in [0.3, 0.4) is 0 Å². The number of amides is 2. The summed E-state index contributed by atoms with van der Waals surface area (Å²) in [5.74, 6) is 0.773. The number of benzene rings is 2. The zero-order valence-corrected chi connectivity index (χ0v) is 13.9. The van der Waals surface area contributed by atoms with Crippen molar-refractivity contribution in [3.05, 3.63) is 59.9 Å². The van der Waals surface area contributed by atoms with Crippen LogP contribution < -0.4 is 15.4 Å². The second-order valence-electron chi connectivity index (χ2n) is 5.41. The largest absolute Gasteiger partial charge is 0.489 e. The van der Waals surface area contributed by atoms with Gasteiger partial charge in [-0.3, -0.25) is 0 Å². The molecule has 0 fully saturated rings. The summed E-state index contributed by atoms with van der Waals surface area (Å²) in [6, 6.07) is 14.1. The van der Waals surface area contributed by atoms with Gasteiger partial charge < -0.3 is 15.4 Å². The highest BCUT2D eigenvalue weighted by Gasteiger charge is 2.21. The van der Waals surface area contributed by atoms with Crippen molar-refractivity contribution in [3.63, 3.8) is 0 Å². The van der Waals surface area contributed by atoms with E-state index in [0.29, 0.717) is 6.54 Å². The molecule has 2 aromatic rings. The van der Waals surface area contributed by atoms with Crippen LogP contribution in [0.1, 0.15) is 18.0 Å². The number of nitrogens with one attached hydrogen (secondary N) is 2. The van der Waals surface area contributed by atoms with E-state index in [1.54, 1.807) is 18.2 Å². The molecule has 1 heterocycles. The minimum absolute atomic E-state index is 0.0231. The predicted molar refractivity (Wildman–Crippen MR) is 93.0 cm³/mol. The normalized spacial score (nSPS) is 16.1. The van der Waals surface area contributed by atoms with Gasteiger partial charge in [0, 0.05) is 10.6 Å². The second-order valence-corrected chi connectivity index (χ2v) is 6.54. The Morgan fingerprint density at radius 3 is 2.88 bits per heavy atom. The highest BCUT2D eigenvalue weighted by Crippen LogP contribution is 2.35. The Labute approximate surface area is 144 Å². The maximum atomic E-state index is 13.4. The molecule has 6 heteroatoms. The number of hydrogen-bond acceptors (Lipinski definition) is 3. The van der Waals surface area contributed by atoms with Crippen LogP contribution in [0.4, 0.5) is 9.18 Å². The van der Waals surface area contributed by atoms with Gasteiger partial charge in [0.05, 0.1) is 12.6 Å². The SMILES string of the molecule is O=C(NCCOc1ccccc1F)NC1CCSc2ccccc21. The first-order valence-electron chi connectivity index (χ1n) is 7.87. The number of rotatable bonds is 5. The lowest BCUT2D eigenvalue weighted by Gasteiger charge is -2.25. The van der Waals surface area contributed by atoms with Crippen molar-refractivity contribution in [2.75, 3.05) is 18.9 Å². The average Bonchev–Trinajstić information content (AvgIpc) is 2.60. The number of para-hydroxylation sites is 1. The molecule has 1 aliphatic rings. The van der Waals surface area contributed by atoms with Crippen LogP contribution in [-0.4, -0.2) is 24.9 Å². The fourth-order valence-electron chi connectivity index (χ4n) is 2.59. The highest BCUT2D eigenvalue weighted by molar-refractivity contribution is 7.99. The molecule has 1 aliphatic heterocycles. The van der Waals surface area contributed by atoms with Gasteiger partial charge >= 0.3 is 6.03 Å². The summed E-state index contributed by atoms with van der Waals surface area (Å²) in [6.07, 6.45) is 0.904. The molecule has 2 aromatic carbocycles. The van der Waals surface area contributed by atoms with E-state index in [2.05, 4.69) is 16.7 Å². The fraction of sp³-hybridized carbons (Fsp3) is 0.278. The fourth-order valence-corrected chi connectivity index (χ4v) is 3.71. The smallest absolute Gasteiger partial charge is 0.315 e. The first-order chi connectivity index (χ1) is 11.7. The molecule has 1 atom stereocenters. The van der Waals surface area contributed by atoms with Crippen LogP contribution in [0.5, 0.6) is 5.75 Å². The van der Waals surface area contributed by atoms with Gasteiger partial charge in [-0.05, 0) is 30.2 Å². The van der Waals surface area contributed by atoms with Crippen LogP contribution in [0.15, 0.2) is 53.4 Å². The average molecular weight is 346 g/mol. The molecule has 0 saturated heterocycles. The number of urea groups is 1. The van der Waals surface area contributed by atoms with Gasteiger partial charge in [0.25, 0.3) is 0 Å². The monoisotopic (exact) mass is 346 g/mol. The van der Waals surface area contributed by atoms with E-state index in [0.717, 1.165) is 17.7 Å². The Bertz CT molecular complexity index is 711. The zero-order valence-electron chi connectivity index (χ0n) is 13.1. The van der Waals surface area contributed by atoms with E-state index in [-0.39, 0.29) is 24.4 Å². The van der Waals surface area contributed by atoms with Gasteiger partial charge in [0.15, 0.2) is 11.6 Å². The lowest BCUT2D eigenvalue weighted by Crippen LogP contribution is -2.40. The van der Waals surface area contributed by atoms with E-state index in [4.69, 9.17) is 4.74 Å². The molecule has 24 heavy (non-hydrogen) atoms. The van der Waals surface area contributed by atoms with E-state index in [1.165, 1.54) is 11.0 Å². The van der Waals surface area contributed by atoms with E-state index < -0.39 is 5.82 Å². The molecule has 0 aliphatic carbocycles. The molecule has 0 saturated carbocycles. The van der Waals surface area contributed by atoms with Crippen LogP contribution >= 0.6 is 11.8 Å². The summed E-state index contributed by atoms with van der Waals surface area (Å²) in [7, 11) is 0. The number of fused-ring (bicyclic) bond motifs is 1. The van der Waals surface area contributed by atoms with Crippen LogP contribution in [0, 0.1) is 5.82 Å². The molecule has 1 unspecified atom stereocenters. The first kappa shape index (κ1) is 16.6. The maximum Gasteiger partial charge on any atom is 0.315 e. The molecule has 0 bridgehead atoms. The van der Waals surface area contributed by atoms with E-state index in [9.17, 15) is 9.18 Å². The van der Waals surface area contributed by atoms with Crippen molar-refractivity contribution >= 4 is 17.8 Å². The summed E-state index contributed by atoms with van der Waals surface area (Å²) in [5.41, 5.74) is 1.16. The second kappa shape index (κ2) is 8.06. The summed E-state index contributed by atoms with van der Waals surface area (Å²) < 4.78 is 18.7. The molecular weight excluding hydrogens is 327 g/mol. The van der Waals surface area contributed by atoms with Gasteiger partial charge in [0.1, 0.15) is 6.61 Å². The Balaban J connectivity index is 1.44. The topological polar surface area (TPSA) is 50.4 Å². The van der Waals surface area contributed by atoms with Gasteiger partial charge in [-0.25, -0.2) is 9.18 Å². The standard InChI is InChI=1S/C18H19FN2O2S/c19-14-6-2-3-7-16(14)23-11-10-20-18(22)21-15-9-12-24-17-8-4-1-5-13(15)17/h1-8,15H,9-12H2,(H2,20,21,22). The lowest BCUT2D eigenvalue weighted by atomic mass is 10.0. The van der Waals surface area contributed by atoms with Crippen molar-refractivity contribution in [1.82, 2.24) is 10.6 Å². The third-order valence-electron chi connectivity index (χ3n) is 3.75. The Morgan fingerprint density at radius 1 is 1.21 bits per heavy atom. The molecule has 3 rings (SSSR count). The van der Waals surface area contributed by atoms with E-state index in [1.807, 2.05) is 30.0 Å². The van der Waals surface area contributed by atoms with Gasteiger partial charge in [-0.15, -0.1) is 11.8 Å². The molecule has 4 nitrogen and oxygen atoms in total. The quantitative estimate of drug-likeness (QED) is 0.811. The van der Waals surface area contributed by atoms with Crippen LogP contribution in [-0.2, 0) is 0 Å². The van der Waals surface area contributed by atoms with Gasteiger partial charge in [0.2, 0.25) is 0 Å². The van der Waals surface area contributed by atoms with Crippen molar-refractivity contribution in [2.24, 2.45) is 0 Å².